The van der Waals surface area contributed by atoms with Crippen molar-refractivity contribution in [3.63, 3.8) is 0 Å². The number of rotatable bonds is 8. The Bertz CT molecular complexity index is 1460. The van der Waals surface area contributed by atoms with E-state index >= 15 is 0 Å². The van der Waals surface area contributed by atoms with Crippen molar-refractivity contribution in [2.45, 2.75) is 57.4 Å². The van der Waals surface area contributed by atoms with Gasteiger partial charge in [-0.1, -0.05) is 38.1 Å². The van der Waals surface area contributed by atoms with Gasteiger partial charge in [0.1, 0.15) is 23.0 Å². The highest BCUT2D eigenvalue weighted by molar-refractivity contribution is 5.86. The van der Waals surface area contributed by atoms with E-state index in [1.54, 1.807) is 10.5 Å². The average molecular weight is 598 g/mol. The molecule has 0 bridgehead atoms. The first kappa shape index (κ1) is 30.3. The van der Waals surface area contributed by atoms with Crippen LogP contribution < -0.4 is 10.1 Å². The molecule has 0 spiro atoms. The Morgan fingerprint density at radius 2 is 1.82 bits per heavy atom. The van der Waals surface area contributed by atoms with Crippen molar-refractivity contribution in [3.8, 4) is 17.3 Å². The quantitative estimate of drug-likeness (QED) is 0.259. The second-order valence-corrected chi connectivity index (χ2v) is 10.7. The van der Waals surface area contributed by atoms with Crippen LogP contribution in [0.3, 0.4) is 0 Å². The maximum Gasteiger partial charge on any atom is 0.408 e. The lowest BCUT2D eigenvalue weighted by molar-refractivity contribution is -0.184. The first-order valence-corrected chi connectivity index (χ1v) is 13.2. The zero-order valence-corrected chi connectivity index (χ0v) is 23.9. The number of fused-ring (bicyclic) bond motifs is 2. The van der Waals surface area contributed by atoms with E-state index in [4.69, 9.17) is 9.72 Å². The molecule has 1 saturated heterocycles. The molecule has 2 fully saturated rings. The SMILES string of the molecule is CC(C)N[C@H]1CCN(C(c2ccc3nnc(-c4ccc5cccc(OCC6CC6)c5n4)n3c2)C(F)(F)F)C1.Cl.Cl. The van der Waals surface area contributed by atoms with Crippen LogP contribution in [-0.4, -0.2) is 62.4 Å². The number of nitrogens with one attached hydrogen (secondary N) is 1. The number of alkyl halides is 3. The molecule has 1 aliphatic heterocycles. The van der Waals surface area contributed by atoms with Gasteiger partial charge in [0.25, 0.3) is 0 Å². The molecule has 4 aromatic rings. The molecule has 4 heterocycles. The van der Waals surface area contributed by atoms with Gasteiger partial charge in [-0.15, -0.1) is 35.0 Å². The second kappa shape index (κ2) is 12.1. The molecule has 0 radical (unpaired) electrons. The predicted octanol–water partition coefficient (Wildman–Crippen LogP) is 6.25. The number of likely N-dealkylation sites (tertiary alicyclic amines) is 1. The average Bonchev–Trinajstić information content (AvgIpc) is 3.45. The van der Waals surface area contributed by atoms with Gasteiger partial charge in [0.15, 0.2) is 11.5 Å². The fraction of sp³-hybridized carbons (Fsp3) is 0.464. The van der Waals surface area contributed by atoms with E-state index in [9.17, 15) is 13.2 Å². The molecular weight excluding hydrogens is 564 g/mol. The van der Waals surface area contributed by atoms with E-state index in [2.05, 4.69) is 15.5 Å². The third kappa shape index (κ3) is 6.30. The number of aromatic nitrogens is 4. The topological polar surface area (TPSA) is 67.6 Å². The van der Waals surface area contributed by atoms with E-state index in [1.165, 1.54) is 30.0 Å². The molecule has 12 heteroatoms. The summed E-state index contributed by atoms with van der Waals surface area (Å²) in [6.07, 6.45) is 0.125. The van der Waals surface area contributed by atoms with E-state index in [0.717, 1.165) is 5.39 Å². The number of para-hydroxylation sites is 1. The molecule has 3 aromatic heterocycles. The van der Waals surface area contributed by atoms with E-state index in [1.807, 2.05) is 44.2 Å². The van der Waals surface area contributed by atoms with E-state index in [0.29, 0.717) is 60.5 Å². The van der Waals surface area contributed by atoms with Gasteiger partial charge in [0.05, 0.1) is 6.61 Å². The highest BCUT2D eigenvalue weighted by Crippen LogP contribution is 2.40. The summed E-state index contributed by atoms with van der Waals surface area (Å²) in [5, 5.41) is 12.8. The summed E-state index contributed by atoms with van der Waals surface area (Å²) < 4.78 is 50.9. The van der Waals surface area contributed by atoms with Crippen LogP contribution in [-0.2, 0) is 0 Å². The van der Waals surface area contributed by atoms with E-state index < -0.39 is 12.2 Å². The Morgan fingerprint density at radius 3 is 2.55 bits per heavy atom. The zero-order chi connectivity index (χ0) is 26.4. The summed E-state index contributed by atoms with van der Waals surface area (Å²) in [6.45, 7) is 5.39. The third-order valence-electron chi connectivity index (χ3n) is 7.29. The first-order valence-electron chi connectivity index (χ1n) is 13.2. The van der Waals surface area contributed by atoms with Gasteiger partial charge in [0, 0.05) is 36.8 Å². The van der Waals surface area contributed by atoms with Crippen molar-refractivity contribution in [2.75, 3.05) is 19.7 Å². The number of hydrogen-bond acceptors (Lipinski definition) is 6. The first-order chi connectivity index (χ1) is 18.3. The van der Waals surface area contributed by atoms with Crippen LogP contribution in [0.25, 0.3) is 28.1 Å². The van der Waals surface area contributed by atoms with Gasteiger partial charge in [0.2, 0.25) is 0 Å². The maximum atomic E-state index is 14.4. The molecule has 1 unspecified atom stereocenters. The number of halogens is 5. The Morgan fingerprint density at radius 1 is 1.02 bits per heavy atom. The summed E-state index contributed by atoms with van der Waals surface area (Å²) in [7, 11) is 0. The minimum Gasteiger partial charge on any atom is -0.491 e. The molecule has 6 rings (SSSR count). The van der Waals surface area contributed by atoms with Crippen LogP contribution in [0.15, 0.2) is 48.7 Å². The lowest BCUT2D eigenvalue weighted by Gasteiger charge is -2.30. The molecule has 2 aliphatic rings. The number of pyridine rings is 2. The standard InChI is InChI=1S/C28H31F3N6O.2ClH/c1-17(2)32-21-12-13-36(15-21)26(28(29,30)31)20-9-11-24-34-35-27(37(24)14-20)22-10-8-19-4-3-5-23(25(19)33-22)38-16-18-6-7-18;;/h3-5,8-11,14,17-18,21,26,32H,6-7,12-13,15-16H2,1-2H3;2*1H/t21-,26?;;/m0../s1. The molecule has 1 N–H and O–H groups in total. The van der Waals surface area contributed by atoms with Crippen LogP contribution in [0.2, 0.25) is 0 Å². The molecule has 7 nitrogen and oxygen atoms in total. The second-order valence-electron chi connectivity index (χ2n) is 10.7. The molecule has 216 valence electrons. The molecular formula is C28H33Cl2F3N6O. The van der Waals surface area contributed by atoms with Gasteiger partial charge >= 0.3 is 6.18 Å². The van der Waals surface area contributed by atoms with Gasteiger partial charge in [-0.05, 0) is 48.9 Å². The minimum atomic E-state index is -4.43. The predicted molar refractivity (Wildman–Crippen MR) is 153 cm³/mol. The Balaban J connectivity index is 0.00000185. The number of benzene rings is 1. The molecule has 2 atom stereocenters. The van der Waals surface area contributed by atoms with Gasteiger partial charge in [-0.25, -0.2) is 4.98 Å². The van der Waals surface area contributed by atoms with Crippen LogP contribution in [0, 0.1) is 5.92 Å². The number of hydrogen-bond donors (Lipinski definition) is 1. The summed E-state index contributed by atoms with van der Waals surface area (Å²) in [5.74, 6) is 1.69. The fourth-order valence-electron chi connectivity index (χ4n) is 5.33. The van der Waals surface area contributed by atoms with Crippen molar-refractivity contribution < 1.29 is 17.9 Å². The molecule has 1 aliphatic carbocycles. The normalized spacial score (nSPS) is 18.6. The maximum absolute atomic E-state index is 14.4. The van der Waals surface area contributed by atoms with Crippen LogP contribution in [0.1, 0.15) is 44.7 Å². The van der Waals surface area contributed by atoms with E-state index in [-0.39, 0.29) is 42.5 Å². The van der Waals surface area contributed by atoms with Gasteiger partial charge in [-0.2, -0.15) is 13.2 Å². The Hall–Kier alpha value is -2.66. The lowest BCUT2D eigenvalue weighted by Crippen LogP contribution is -2.41. The van der Waals surface area contributed by atoms with Gasteiger partial charge < -0.3 is 10.1 Å². The van der Waals surface area contributed by atoms with Crippen LogP contribution in [0.4, 0.5) is 13.2 Å². The monoisotopic (exact) mass is 596 g/mol. The van der Waals surface area contributed by atoms with Crippen molar-refractivity contribution in [3.05, 3.63) is 54.2 Å². The van der Waals surface area contributed by atoms with Gasteiger partial charge in [-0.3, -0.25) is 9.30 Å². The summed E-state index contributed by atoms with van der Waals surface area (Å²) in [6, 6.07) is 11.2. The molecule has 1 saturated carbocycles. The largest absolute Gasteiger partial charge is 0.491 e. The Labute approximate surface area is 243 Å². The highest BCUT2D eigenvalue weighted by atomic mass is 35.5. The summed E-state index contributed by atoms with van der Waals surface area (Å²) >= 11 is 0. The fourth-order valence-corrected chi connectivity index (χ4v) is 5.33. The zero-order valence-electron chi connectivity index (χ0n) is 22.3. The highest BCUT2D eigenvalue weighted by Gasteiger charge is 2.47. The molecule has 40 heavy (non-hydrogen) atoms. The van der Waals surface area contributed by atoms with Crippen molar-refractivity contribution in [1.82, 2.24) is 29.8 Å². The van der Waals surface area contributed by atoms with Crippen molar-refractivity contribution >= 4 is 41.4 Å². The molecule has 1 aromatic carbocycles. The lowest BCUT2D eigenvalue weighted by atomic mass is 10.1. The summed E-state index contributed by atoms with van der Waals surface area (Å²) in [5.41, 5.74) is 1.85. The Kier molecular flexibility index (Phi) is 9.14. The summed E-state index contributed by atoms with van der Waals surface area (Å²) in [4.78, 5) is 6.33. The van der Waals surface area contributed by atoms with Crippen LogP contribution >= 0.6 is 24.8 Å². The molecule has 0 amide bonds. The smallest absolute Gasteiger partial charge is 0.408 e. The third-order valence-corrected chi connectivity index (χ3v) is 7.29. The van der Waals surface area contributed by atoms with Crippen molar-refractivity contribution in [1.29, 1.82) is 0 Å². The van der Waals surface area contributed by atoms with Crippen LogP contribution in [0.5, 0.6) is 5.75 Å². The minimum absolute atomic E-state index is 0. The number of nitrogens with zero attached hydrogens (tertiary/aromatic N) is 5. The number of ether oxygens (including phenoxy) is 1. The van der Waals surface area contributed by atoms with Crippen molar-refractivity contribution in [2.24, 2.45) is 5.92 Å².